The molecule has 4 aromatic rings. The van der Waals surface area contributed by atoms with Crippen molar-refractivity contribution in [2.24, 2.45) is 4.99 Å². The largest absolute Gasteiger partial charge is 0.496 e. The van der Waals surface area contributed by atoms with Crippen LogP contribution in [0.4, 0.5) is 0 Å². The lowest BCUT2D eigenvalue weighted by molar-refractivity contribution is -0.139. The summed E-state index contributed by atoms with van der Waals surface area (Å²) in [5, 5.41) is 1.83. The van der Waals surface area contributed by atoms with Crippen molar-refractivity contribution in [1.82, 2.24) is 4.57 Å². The number of esters is 1. The fourth-order valence-electron chi connectivity index (χ4n) is 5.00. The van der Waals surface area contributed by atoms with Crippen LogP contribution in [-0.4, -0.2) is 38.0 Å². The molecule has 1 aromatic heterocycles. The average Bonchev–Trinajstić information content (AvgIpc) is 3.26. The number of aromatic nitrogens is 1. The average molecular weight is 559 g/mol. The van der Waals surface area contributed by atoms with Gasteiger partial charge in [-0.25, -0.2) is 9.79 Å². The molecule has 0 spiro atoms. The van der Waals surface area contributed by atoms with Gasteiger partial charge in [0.2, 0.25) is 0 Å². The van der Waals surface area contributed by atoms with Crippen molar-refractivity contribution in [3.8, 4) is 17.2 Å². The number of hydrogen-bond acceptors (Lipinski definition) is 8. The molecule has 1 aliphatic rings. The summed E-state index contributed by atoms with van der Waals surface area (Å²) >= 11 is 1.26. The normalized spacial score (nSPS) is 15.0. The van der Waals surface area contributed by atoms with E-state index in [0.29, 0.717) is 50.0 Å². The molecule has 0 amide bonds. The Hall–Kier alpha value is -4.37. The Bertz CT molecular complexity index is 1820. The van der Waals surface area contributed by atoms with E-state index in [4.69, 9.17) is 23.9 Å². The first-order chi connectivity index (χ1) is 19.4. The second-order valence-electron chi connectivity index (χ2n) is 9.05. The summed E-state index contributed by atoms with van der Waals surface area (Å²) in [6.45, 7) is 6.09. The van der Waals surface area contributed by atoms with Crippen molar-refractivity contribution >= 4 is 34.2 Å². The van der Waals surface area contributed by atoms with E-state index in [1.165, 1.54) is 11.3 Å². The number of carbonyl (C=O) groups excluding carboxylic acids is 1. The third-order valence-electron chi connectivity index (χ3n) is 6.73. The Balaban J connectivity index is 1.79. The second-order valence-corrected chi connectivity index (χ2v) is 10.1. The van der Waals surface area contributed by atoms with E-state index in [0.717, 1.165) is 16.3 Å². The quantitative estimate of drug-likeness (QED) is 0.299. The van der Waals surface area contributed by atoms with Gasteiger partial charge in [-0.15, -0.1) is 0 Å². The number of ether oxygens (including phenoxy) is 4. The molecule has 0 bridgehead atoms. The predicted octanol–water partition coefficient (Wildman–Crippen LogP) is 4.37. The zero-order valence-electron chi connectivity index (χ0n) is 23.0. The minimum atomic E-state index is -0.798. The van der Waals surface area contributed by atoms with Gasteiger partial charge in [0.05, 0.1) is 43.2 Å². The molecule has 0 N–H and O–H groups in total. The molecule has 0 radical (unpaired) electrons. The van der Waals surface area contributed by atoms with Crippen molar-refractivity contribution in [2.45, 2.75) is 26.8 Å². The molecular weight excluding hydrogens is 528 g/mol. The lowest BCUT2D eigenvalue weighted by atomic mass is 9.90. The highest BCUT2D eigenvalue weighted by molar-refractivity contribution is 7.07. The predicted molar refractivity (Wildman–Crippen MR) is 155 cm³/mol. The van der Waals surface area contributed by atoms with E-state index in [1.54, 1.807) is 44.8 Å². The van der Waals surface area contributed by atoms with Crippen LogP contribution in [0, 0.1) is 0 Å². The molecule has 3 aromatic carbocycles. The number of thiazole rings is 1. The minimum Gasteiger partial charge on any atom is -0.496 e. The number of methoxy groups -OCH3 is 2. The Kier molecular flexibility index (Phi) is 7.75. The molecule has 9 heteroatoms. The fraction of sp³-hybridized carbons (Fsp3) is 0.258. The molecule has 40 heavy (non-hydrogen) atoms. The van der Waals surface area contributed by atoms with Crippen molar-refractivity contribution in [2.75, 3.05) is 27.4 Å². The van der Waals surface area contributed by atoms with Crippen LogP contribution >= 0.6 is 11.3 Å². The lowest BCUT2D eigenvalue weighted by Crippen LogP contribution is -2.40. The Morgan fingerprint density at radius 1 is 1.00 bits per heavy atom. The topological polar surface area (TPSA) is 88.4 Å². The molecule has 206 valence electrons. The number of fused-ring (bicyclic) bond motifs is 2. The van der Waals surface area contributed by atoms with E-state index in [1.807, 2.05) is 55.5 Å². The van der Waals surface area contributed by atoms with Gasteiger partial charge in [0.1, 0.15) is 11.8 Å². The minimum absolute atomic E-state index is 0.194. The highest BCUT2D eigenvalue weighted by Gasteiger charge is 2.36. The summed E-state index contributed by atoms with van der Waals surface area (Å²) in [4.78, 5) is 32.7. The van der Waals surface area contributed by atoms with Gasteiger partial charge in [-0.05, 0) is 61.4 Å². The van der Waals surface area contributed by atoms with Gasteiger partial charge < -0.3 is 18.9 Å². The third kappa shape index (κ3) is 4.77. The molecule has 0 saturated carbocycles. The SMILES string of the molecule is CCOC(=O)C1=C(C)N=c2s/c(=C\c3ccc(OC)c(OCC)c3)c(=O)n2[C@H]1c1c(OC)ccc2ccccc12. The third-order valence-corrected chi connectivity index (χ3v) is 7.71. The smallest absolute Gasteiger partial charge is 0.338 e. The molecule has 0 unspecified atom stereocenters. The second kappa shape index (κ2) is 11.4. The molecule has 0 fully saturated rings. The molecule has 1 aliphatic heterocycles. The van der Waals surface area contributed by atoms with Crippen LogP contribution in [0.2, 0.25) is 0 Å². The van der Waals surface area contributed by atoms with Crippen LogP contribution in [0.25, 0.3) is 16.8 Å². The number of carbonyl (C=O) groups is 1. The van der Waals surface area contributed by atoms with Gasteiger partial charge in [0.25, 0.3) is 5.56 Å². The standard InChI is InChI=1S/C31H30N2O6S/c1-6-38-24-16-19(12-14-22(24)36-4)17-25-29(34)33-28(26(30(35)39-7-2)18(3)32-31(33)40-25)27-21-11-9-8-10-20(21)13-15-23(27)37-5/h8-17,28H,6-7H2,1-5H3/b25-17-/t28-/m1/s1. The fourth-order valence-corrected chi connectivity index (χ4v) is 6.05. The molecule has 0 aliphatic carbocycles. The van der Waals surface area contributed by atoms with Crippen molar-refractivity contribution in [3.63, 3.8) is 0 Å². The van der Waals surface area contributed by atoms with Crippen LogP contribution in [0.15, 0.2) is 75.7 Å². The first-order valence-electron chi connectivity index (χ1n) is 13.0. The zero-order chi connectivity index (χ0) is 28.4. The Morgan fingerprint density at radius 2 is 1.75 bits per heavy atom. The van der Waals surface area contributed by atoms with E-state index in [2.05, 4.69) is 0 Å². The van der Waals surface area contributed by atoms with Crippen LogP contribution in [0.3, 0.4) is 0 Å². The number of allylic oxidation sites excluding steroid dienone is 1. The summed E-state index contributed by atoms with van der Waals surface area (Å²) in [6.07, 6.45) is 1.80. The van der Waals surface area contributed by atoms with Crippen LogP contribution in [-0.2, 0) is 9.53 Å². The zero-order valence-corrected chi connectivity index (χ0v) is 23.8. The van der Waals surface area contributed by atoms with Gasteiger partial charge in [0.15, 0.2) is 16.3 Å². The summed E-state index contributed by atoms with van der Waals surface area (Å²) in [5.41, 5.74) is 2.00. The van der Waals surface area contributed by atoms with Gasteiger partial charge in [0, 0.05) is 5.56 Å². The number of rotatable bonds is 8. The van der Waals surface area contributed by atoms with Gasteiger partial charge in [-0.1, -0.05) is 47.7 Å². The Morgan fingerprint density at radius 3 is 2.48 bits per heavy atom. The summed E-state index contributed by atoms with van der Waals surface area (Å²) in [6, 6.07) is 16.4. The number of nitrogens with zero attached hydrogens (tertiary/aromatic N) is 2. The van der Waals surface area contributed by atoms with Gasteiger partial charge in [-0.3, -0.25) is 9.36 Å². The van der Waals surface area contributed by atoms with Crippen LogP contribution < -0.4 is 29.1 Å². The lowest BCUT2D eigenvalue weighted by Gasteiger charge is -2.27. The maximum absolute atomic E-state index is 14.1. The summed E-state index contributed by atoms with van der Waals surface area (Å²) < 4.78 is 24.4. The first-order valence-corrected chi connectivity index (χ1v) is 13.8. The van der Waals surface area contributed by atoms with Crippen molar-refractivity contribution < 1.29 is 23.7 Å². The van der Waals surface area contributed by atoms with Crippen LogP contribution in [0.1, 0.15) is 37.9 Å². The van der Waals surface area contributed by atoms with Crippen molar-refractivity contribution in [3.05, 3.63) is 96.7 Å². The van der Waals surface area contributed by atoms with Gasteiger partial charge in [-0.2, -0.15) is 0 Å². The molecule has 8 nitrogen and oxygen atoms in total. The maximum Gasteiger partial charge on any atom is 0.338 e. The highest BCUT2D eigenvalue weighted by atomic mass is 32.1. The number of benzene rings is 3. The summed E-state index contributed by atoms with van der Waals surface area (Å²) in [7, 11) is 3.16. The van der Waals surface area contributed by atoms with E-state index < -0.39 is 12.0 Å². The van der Waals surface area contributed by atoms with E-state index in [9.17, 15) is 9.59 Å². The molecule has 5 rings (SSSR count). The van der Waals surface area contributed by atoms with E-state index >= 15 is 0 Å². The van der Waals surface area contributed by atoms with Crippen LogP contribution in [0.5, 0.6) is 17.2 Å². The molecule has 1 atom stereocenters. The Labute approximate surface area is 235 Å². The molecule has 0 saturated heterocycles. The number of hydrogen-bond donors (Lipinski definition) is 0. The van der Waals surface area contributed by atoms with Crippen molar-refractivity contribution in [1.29, 1.82) is 0 Å². The summed E-state index contributed by atoms with van der Waals surface area (Å²) in [5.74, 6) is 1.24. The molecule has 2 heterocycles. The maximum atomic E-state index is 14.1. The highest BCUT2D eigenvalue weighted by Crippen LogP contribution is 2.40. The molecular formula is C31H30N2O6S. The van der Waals surface area contributed by atoms with Gasteiger partial charge >= 0.3 is 5.97 Å². The monoisotopic (exact) mass is 558 g/mol. The first kappa shape index (κ1) is 27.2. The van der Waals surface area contributed by atoms with E-state index in [-0.39, 0.29) is 12.2 Å².